The molecule has 0 unspecified atom stereocenters. The number of hydrogen-bond donors (Lipinski definition) is 1. The van der Waals surface area contributed by atoms with E-state index < -0.39 is 0 Å². The van der Waals surface area contributed by atoms with Crippen molar-refractivity contribution < 1.29 is 6.16 Å². The zero-order valence-electron chi connectivity index (χ0n) is 6.89. The van der Waals surface area contributed by atoms with Gasteiger partial charge in [-0.2, -0.15) is 0 Å². The van der Waals surface area contributed by atoms with Gasteiger partial charge >= 0.3 is 0 Å². The van der Waals surface area contributed by atoms with Crippen molar-refractivity contribution in [3.63, 3.8) is 0 Å². The Bertz CT molecular complexity index is 98.1. The average Bonchev–Trinajstić information content (AvgIpc) is 1.88. The molecule has 1 aliphatic rings. The molecule has 0 amide bonds. The Balaban J connectivity index is 0.000001000. The van der Waals surface area contributed by atoms with Gasteiger partial charge in [-0.05, 0) is 13.3 Å². The third-order valence-electron chi connectivity index (χ3n) is 1.84. The molecule has 1 N–H and O–H groups in total. The Morgan fingerprint density at radius 3 is 3.00 bits per heavy atom. The predicted octanol–water partition coefficient (Wildman–Crippen LogP) is 1.41. The number of hydrogen-bond acceptors (Lipinski definition) is 2. The molecule has 1 heterocycles. The summed E-state index contributed by atoms with van der Waals surface area (Å²) in [6.07, 6.45) is 2.48. The Morgan fingerprint density at radius 1 is 1.60 bits per heavy atom. The summed E-state index contributed by atoms with van der Waals surface area (Å²) in [5, 5.41) is 3.49. The molecule has 10 heavy (non-hydrogen) atoms. The summed E-state index contributed by atoms with van der Waals surface area (Å²) in [5.41, 5.74) is 0. The number of ether oxygens (including phenoxy) is 1. The van der Waals surface area contributed by atoms with E-state index in [9.17, 15) is 0 Å². The van der Waals surface area contributed by atoms with Crippen molar-refractivity contribution in [3.05, 3.63) is 0 Å². The summed E-state index contributed by atoms with van der Waals surface area (Å²) in [6, 6.07) is 1.15. The monoisotopic (exact) mass is 145 g/mol. The van der Waals surface area contributed by atoms with Crippen LogP contribution in [0.25, 0.3) is 0 Å². The molecule has 0 aromatic heterocycles. The van der Waals surface area contributed by atoms with Crippen LogP contribution in [0.15, 0.2) is 0 Å². The van der Waals surface area contributed by atoms with Crippen LogP contribution in [0.4, 0.5) is 0 Å². The Labute approximate surface area is 64.4 Å². The van der Waals surface area contributed by atoms with E-state index in [4.69, 9.17) is 4.74 Å². The Hall–Kier alpha value is -0.0800. The molecule has 2 atom stereocenters. The second-order valence-corrected chi connectivity index (χ2v) is 3.09. The minimum absolute atomic E-state index is 0. The molecule has 0 spiro atoms. The molecule has 1 fully saturated rings. The van der Waals surface area contributed by atoms with Crippen LogP contribution in [0, 0.1) is 0 Å². The van der Waals surface area contributed by atoms with E-state index in [0.29, 0.717) is 12.1 Å². The van der Waals surface area contributed by atoms with Gasteiger partial charge in [0.25, 0.3) is 0 Å². The highest BCUT2D eigenvalue weighted by Crippen LogP contribution is 2.04. The minimum Gasteiger partial charge on any atom is -0.378 e. The highest BCUT2D eigenvalue weighted by molar-refractivity contribution is 4.74. The van der Waals surface area contributed by atoms with Gasteiger partial charge in [-0.15, -0.1) is 0 Å². The van der Waals surface area contributed by atoms with Crippen LogP contribution < -0.4 is 5.32 Å². The summed E-state index contributed by atoms with van der Waals surface area (Å²) in [6.45, 7) is 6.15. The Morgan fingerprint density at radius 2 is 2.40 bits per heavy atom. The number of morpholine rings is 1. The van der Waals surface area contributed by atoms with Crippen molar-refractivity contribution >= 4 is 0 Å². The lowest BCUT2D eigenvalue weighted by molar-refractivity contribution is 0.0480. The van der Waals surface area contributed by atoms with Crippen LogP contribution in [0.5, 0.6) is 0 Å². The molecule has 62 valence electrons. The van der Waals surface area contributed by atoms with Crippen LogP contribution in [0.1, 0.15) is 28.1 Å². The van der Waals surface area contributed by atoms with Gasteiger partial charge in [-0.1, -0.05) is 13.3 Å². The first kappa shape index (κ1) is 8.02. The maximum Gasteiger partial charge on any atom is 0.0620 e. The van der Waals surface area contributed by atoms with Crippen LogP contribution in [0.3, 0.4) is 0 Å². The molecule has 2 heteroatoms. The van der Waals surface area contributed by atoms with Crippen LogP contribution in [-0.2, 0) is 4.74 Å². The highest BCUT2D eigenvalue weighted by atomic mass is 16.5. The molecule has 2 nitrogen and oxygen atoms in total. The Kier molecular flexibility index (Phi) is 3.16. The topological polar surface area (TPSA) is 21.3 Å². The fourth-order valence-electron chi connectivity index (χ4n) is 1.40. The van der Waals surface area contributed by atoms with E-state index in [1.165, 1.54) is 12.8 Å². The molecule has 1 aliphatic heterocycles. The van der Waals surface area contributed by atoms with Crippen molar-refractivity contribution in [3.8, 4) is 0 Å². The van der Waals surface area contributed by atoms with Gasteiger partial charge in [-0.3, -0.25) is 0 Å². The second kappa shape index (κ2) is 3.94. The van der Waals surface area contributed by atoms with Gasteiger partial charge < -0.3 is 10.1 Å². The molecule has 0 saturated carbocycles. The van der Waals surface area contributed by atoms with E-state index in [0.717, 1.165) is 13.2 Å². The maximum absolute atomic E-state index is 5.38. The quantitative estimate of drug-likeness (QED) is 0.634. The summed E-state index contributed by atoms with van der Waals surface area (Å²) in [4.78, 5) is 0. The lowest BCUT2D eigenvalue weighted by Gasteiger charge is -2.28. The highest BCUT2D eigenvalue weighted by Gasteiger charge is 2.16. The van der Waals surface area contributed by atoms with E-state index >= 15 is 0 Å². The first-order valence-corrected chi connectivity index (χ1v) is 4.16. The molecule has 0 aromatic rings. The van der Waals surface area contributed by atoms with Crippen molar-refractivity contribution in [2.75, 3.05) is 13.2 Å². The third kappa shape index (κ3) is 2.27. The smallest absolute Gasteiger partial charge is 0.0620 e. The second-order valence-electron chi connectivity index (χ2n) is 3.09. The summed E-state index contributed by atoms with van der Waals surface area (Å²) < 4.78 is 5.38. The van der Waals surface area contributed by atoms with Crippen LogP contribution in [0.2, 0.25) is 0 Å². The van der Waals surface area contributed by atoms with Crippen molar-refractivity contribution in [1.29, 1.82) is 0 Å². The molecule has 1 rings (SSSR count). The molecule has 1 saturated heterocycles. The van der Waals surface area contributed by atoms with Gasteiger partial charge in [0.15, 0.2) is 0 Å². The van der Waals surface area contributed by atoms with Crippen LogP contribution in [-0.4, -0.2) is 25.3 Å². The lowest BCUT2D eigenvalue weighted by atomic mass is 10.1. The zero-order chi connectivity index (χ0) is 7.40. The molecule has 0 bridgehead atoms. The zero-order valence-corrected chi connectivity index (χ0v) is 6.89. The van der Waals surface area contributed by atoms with E-state index in [1.807, 2.05) is 0 Å². The first-order chi connectivity index (χ1) is 4.83. The summed E-state index contributed by atoms with van der Waals surface area (Å²) >= 11 is 0. The van der Waals surface area contributed by atoms with Gasteiger partial charge in [-0.25, -0.2) is 0 Å². The normalized spacial score (nSPS) is 34.2. The van der Waals surface area contributed by atoms with E-state index in [-0.39, 0.29) is 1.43 Å². The predicted molar refractivity (Wildman–Crippen MR) is 44.2 cm³/mol. The number of nitrogens with one attached hydrogen (secondary N) is 1. The van der Waals surface area contributed by atoms with Gasteiger partial charge in [0.05, 0.1) is 13.2 Å². The SMILES string of the molecule is CCC[C@H]1COC[C@@H](C)N1.[HH]. The molecular weight excluding hydrogens is 126 g/mol. The lowest BCUT2D eigenvalue weighted by Crippen LogP contribution is -2.47. The average molecular weight is 145 g/mol. The molecule has 0 aliphatic carbocycles. The van der Waals surface area contributed by atoms with E-state index in [2.05, 4.69) is 19.2 Å². The molecule has 0 radical (unpaired) electrons. The van der Waals surface area contributed by atoms with Crippen molar-refractivity contribution in [2.24, 2.45) is 0 Å². The fraction of sp³-hybridized carbons (Fsp3) is 1.00. The summed E-state index contributed by atoms with van der Waals surface area (Å²) in [5.74, 6) is 0. The molecule has 0 aromatic carbocycles. The number of rotatable bonds is 2. The fourth-order valence-corrected chi connectivity index (χ4v) is 1.40. The van der Waals surface area contributed by atoms with Crippen molar-refractivity contribution in [1.82, 2.24) is 5.32 Å². The standard InChI is InChI=1S/C8H17NO.H2/c1-3-4-8-6-10-5-7(2)9-8;/h7-9H,3-6H2,1-2H3;1H/t7-,8+;/m1./s1. The van der Waals surface area contributed by atoms with Gasteiger partial charge in [0.1, 0.15) is 0 Å². The largest absolute Gasteiger partial charge is 0.378 e. The van der Waals surface area contributed by atoms with Crippen LogP contribution >= 0.6 is 0 Å². The summed E-state index contributed by atoms with van der Waals surface area (Å²) in [7, 11) is 0. The third-order valence-corrected chi connectivity index (χ3v) is 1.84. The first-order valence-electron chi connectivity index (χ1n) is 4.16. The van der Waals surface area contributed by atoms with Crippen molar-refractivity contribution in [2.45, 2.75) is 38.8 Å². The van der Waals surface area contributed by atoms with Gasteiger partial charge in [0.2, 0.25) is 0 Å². The van der Waals surface area contributed by atoms with Gasteiger partial charge in [0, 0.05) is 13.5 Å². The minimum atomic E-state index is 0. The van der Waals surface area contributed by atoms with E-state index in [1.54, 1.807) is 0 Å². The molecular formula is C8H19NO. The maximum atomic E-state index is 5.38.